The van der Waals surface area contributed by atoms with Gasteiger partial charge in [0.25, 0.3) is 0 Å². The van der Waals surface area contributed by atoms with E-state index in [4.69, 9.17) is 17.3 Å². The molecule has 122 valence electrons. The van der Waals surface area contributed by atoms with Crippen LogP contribution < -0.4 is 5.73 Å². The summed E-state index contributed by atoms with van der Waals surface area (Å²) in [5, 5.41) is 1.63. The van der Waals surface area contributed by atoms with Crippen LogP contribution in [0.1, 0.15) is 18.4 Å². The number of carbonyl (C=O) groups is 1. The normalized spacial score (nSPS) is 19.1. The van der Waals surface area contributed by atoms with Crippen LogP contribution in [-0.2, 0) is 11.3 Å². The van der Waals surface area contributed by atoms with Gasteiger partial charge in [0, 0.05) is 28.9 Å². The molecule has 6 heteroatoms. The van der Waals surface area contributed by atoms with E-state index in [1.54, 1.807) is 11.8 Å². The topological polar surface area (TPSA) is 59.2 Å². The summed E-state index contributed by atoms with van der Waals surface area (Å²) in [6.07, 6.45) is 3.92. The number of piperidine rings is 1. The van der Waals surface area contributed by atoms with Gasteiger partial charge in [0.05, 0.1) is 11.4 Å². The van der Waals surface area contributed by atoms with Gasteiger partial charge in [0.15, 0.2) is 0 Å². The lowest BCUT2D eigenvalue weighted by atomic mass is 9.97. The number of nitrogens with two attached hydrogens (primary N) is 1. The molecule has 23 heavy (non-hydrogen) atoms. The highest BCUT2D eigenvalue weighted by Gasteiger charge is 2.24. The maximum atomic E-state index is 11.4. The van der Waals surface area contributed by atoms with Crippen LogP contribution in [0.25, 0.3) is 10.9 Å². The minimum absolute atomic E-state index is 0.0555. The second-order valence-corrected chi connectivity index (χ2v) is 7.21. The summed E-state index contributed by atoms with van der Waals surface area (Å²) in [5.41, 5.74) is 7.37. The molecule has 1 amide bonds. The zero-order valence-corrected chi connectivity index (χ0v) is 14.7. The van der Waals surface area contributed by atoms with Crippen molar-refractivity contribution >= 4 is 40.2 Å². The van der Waals surface area contributed by atoms with Crippen molar-refractivity contribution in [3.05, 3.63) is 35.0 Å². The summed E-state index contributed by atoms with van der Waals surface area (Å²) in [6, 6.07) is 8.33. The summed E-state index contributed by atoms with van der Waals surface area (Å²) in [5.74, 6) is -0.262. The SMILES string of the molecule is CSc1ccc2cc(CN3CCC[C@H](C(N)=O)C3)c(Cl)nc2c1. The average molecular weight is 350 g/mol. The van der Waals surface area contributed by atoms with Crippen molar-refractivity contribution in [2.45, 2.75) is 24.3 Å². The highest BCUT2D eigenvalue weighted by molar-refractivity contribution is 7.98. The molecular weight excluding hydrogens is 330 g/mol. The maximum Gasteiger partial charge on any atom is 0.221 e. The van der Waals surface area contributed by atoms with Gasteiger partial charge in [-0.1, -0.05) is 17.7 Å². The van der Waals surface area contributed by atoms with Gasteiger partial charge < -0.3 is 5.73 Å². The van der Waals surface area contributed by atoms with E-state index in [1.807, 2.05) is 6.26 Å². The largest absolute Gasteiger partial charge is 0.369 e. The minimum Gasteiger partial charge on any atom is -0.369 e. The number of rotatable bonds is 4. The monoisotopic (exact) mass is 349 g/mol. The van der Waals surface area contributed by atoms with Gasteiger partial charge >= 0.3 is 0 Å². The molecule has 3 rings (SSSR count). The number of benzene rings is 1. The second kappa shape index (κ2) is 7.07. The van der Waals surface area contributed by atoms with E-state index in [1.165, 1.54) is 4.90 Å². The number of hydrogen-bond donors (Lipinski definition) is 1. The lowest BCUT2D eigenvalue weighted by molar-refractivity contribution is -0.123. The predicted molar refractivity (Wildman–Crippen MR) is 95.7 cm³/mol. The van der Waals surface area contributed by atoms with Crippen LogP contribution in [0.5, 0.6) is 0 Å². The van der Waals surface area contributed by atoms with Gasteiger partial charge in [0.1, 0.15) is 5.15 Å². The van der Waals surface area contributed by atoms with Crippen molar-refractivity contribution in [1.29, 1.82) is 0 Å². The molecule has 1 aromatic heterocycles. The third-order valence-electron chi connectivity index (χ3n) is 4.35. The average Bonchev–Trinajstić information content (AvgIpc) is 2.55. The number of amides is 1. The van der Waals surface area contributed by atoms with Gasteiger partial charge in [-0.25, -0.2) is 4.98 Å². The molecule has 0 aliphatic carbocycles. The zero-order chi connectivity index (χ0) is 16.4. The molecule has 1 fully saturated rings. The first-order valence-corrected chi connectivity index (χ1v) is 9.32. The first-order valence-electron chi connectivity index (χ1n) is 7.71. The molecule has 0 unspecified atom stereocenters. The Hall–Kier alpha value is -1.30. The van der Waals surface area contributed by atoms with Crippen LogP contribution >= 0.6 is 23.4 Å². The highest BCUT2D eigenvalue weighted by Crippen LogP contribution is 2.27. The molecule has 1 aliphatic heterocycles. The summed E-state index contributed by atoms with van der Waals surface area (Å²) >= 11 is 8.07. The second-order valence-electron chi connectivity index (χ2n) is 5.97. The van der Waals surface area contributed by atoms with Crippen molar-refractivity contribution in [3.63, 3.8) is 0 Å². The number of fused-ring (bicyclic) bond motifs is 1. The van der Waals surface area contributed by atoms with Gasteiger partial charge in [-0.2, -0.15) is 0 Å². The number of nitrogens with zero attached hydrogens (tertiary/aromatic N) is 2. The molecule has 2 heterocycles. The van der Waals surface area contributed by atoms with Crippen LogP contribution in [0.2, 0.25) is 5.15 Å². The minimum atomic E-state index is -0.206. The number of aromatic nitrogens is 1. The Labute approximate surface area is 145 Å². The smallest absolute Gasteiger partial charge is 0.221 e. The van der Waals surface area contributed by atoms with Crippen LogP contribution in [0.3, 0.4) is 0 Å². The summed E-state index contributed by atoms with van der Waals surface area (Å²) in [4.78, 5) is 19.4. The molecule has 1 aromatic carbocycles. The lowest BCUT2D eigenvalue weighted by Crippen LogP contribution is -2.40. The van der Waals surface area contributed by atoms with E-state index >= 15 is 0 Å². The van der Waals surface area contributed by atoms with E-state index in [0.717, 1.165) is 35.9 Å². The fourth-order valence-corrected chi connectivity index (χ4v) is 3.72. The molecule has 0 radical (unpaired) electrons. The quantitative estimate of drug-likeness (QED) is 0.679. The molecule has 0 bridgehead atoms. The Balaban J connectivity index is 1.82. The molecule has 0 spiro atoms. The van der Waals surface area contributed by atoms with E-state index in [9.17, 15) is 4.79 Å². The molecule has 2 aromatic rings. The Bertz CT molecular complexity index is 737. The predicted octanol–water partition coefficient (Wildman–Crippen LogP) is 3.31. The highest BCUT2D eigenvalue weighted by atomic mass is 35.5. The Morgan fingerprint density at radius 3 is 3.04 bits per heavy atom. The first kappa shape index (κ1) is 16.6. The number of likely N-dealkylation sites (tertiary alicyclic amines) is 1. The van der Waals surface area contributed by atoms with E-state index in [2.05, 4.69) is 34.1 Å². The van der Waals surface area contributed by atoms with Crippen molar-refractivity contribution in [3.8, 4) is 0 Å². The zero-order valence-electron chi connectivity index (χ0n) is 13.1. The Morgan fingerprint density at radius 2 is 2.30 bits per heavy atom. The van der Waals surface area contributed by atoms with Crippen LogP contribution in [0.15, 0.2) is 29.2 Å². The standard InChI is InChI=1S/C17H20ClN3OS/c1-23-14-5-4-11-7-13(16(18)20-15(11)8-14)10-21-6-2-3-12(9-21)17(19)22/h4-5,7-8,12H,2-3,6,9-10H2,1H3,(H2,19,22)/t12-/m0/s1. The number of thioether (sulfide) groups is 1. The van der Waals surface area contributed by atoms with Crippen molar-refractivity contribution < 1.29 is 4.79 Å². The molecule has 2 N–H and O–H groups in total. The van der Waals surface area contributed by atoms with Crippen molar-refractivity contribution in [2.24, 2.45) is 11.7 Å². The van der Waals surface area contributed by atoms with Crippen LogP contribution in [0.4, 0.5) is 0 Å². The third kappa shape index (κ3) is 3.79. The number of primary amides is 1. The van der Waals surface area contributed by atoms with Crippen LogP contribution in [0, 0.1) is 5.92 Å². The summed E-state index contributed by atoms with van der Waals surface area (Å²) in [6.45, 7) is 2.37. The van der Waals surface area contributed by atoms with Gasteiger partial charge in [0.2, 0.25) is 5.91 Å². The summed E-state index contributed by atoms with van der Waals surface area (Å²) in [7, 11) is 0. The number of hydrogen-bond acceptors (Lipinski definition) is 4. The molecule has 1 aliphatic rings. The Kier molecular flexibility index (Phi) is 5.09. The van der Waals surface area contributed by atoms with Crippen molar-refractivity contribution in [2.75, 3.05) is 19.3 Å². The molecule has 1 saturated heterocycles. The molecular formula is C17H20ClN3OS. The lowest BCUT2D eigenvalue weighted by Gasteiger charge is -2.31. The van der Waals surface area contributed by atoms with E-state index in [0.29, 0.717) is 18.2 Å². The van der Waals surface area contributed by atoms with Gasteiger partial charge in [-0.05, 0) is 43.8 Å². The fourth-order valence-electron chi connectivity index (χ4n) is 3.08. The molecule has 4 nitrogen and oxygen atoms in total. The molecule has 1 atom stereocenters. The fraction of sp³-hybridized carbons (Fsp3) is 0.412. The summed E-state index contributed by atoms with van der Waals surface area (Å²) < 4.78 is 0. The van der Waals surface area contributed by atoms with E-state index < -0.39 is 0 Å². The van der Waals surface area contributed by atoms with Gasteiger partial charge in [-0.3, -0.25) is 9.69 Å². The van der Waals surface area contributed by atoms with Gasteiger partial charge in [-0.15, -0.1) is 11.8 Å². The Morgan fingerprint density at radius 1 is 1.48 bits per heavy atom. The molecule has 0 saturated carbocycles. The van der Waals surface area contributed by atoms with Crippen LogP contribution in [-0.4, -0.2) is 35.1 Å². The third-order valence-corrected chi connectivity index (χ3v) is 5.41. The maximum absolute atomic E-state index is 11.4. The first-order chi connectivity index (χ1) is 11.1. The van der Waals surface area contributed by atoms with E-state index in [-0.39, 0.29) is 11.8 Å². The number of halogens is 1. The van der Waals surface area contributed by atoms with Crippen molar-refractivity contribution in [1.82, 2.24) is 9.88 Å². The number of pyridine rings is 1. The number of carbonyl (C=O) groups excluding carboxylic acids is 1.